The number of hydrogen-bond acceptors (Lipinski definition) is 2. The number of carbonyl (C=O) groups is 1. The summed E-state index contributed by atoms with van der Waals surface area (Å²) in [5.74, 6) is -0.0631. The molecular weight excluding hydrogens is 350 g/mol. The largest absolute Gasteiger partial charge is 0.289 e. The van der Waals surface area contributed by atoms with Crippen LogP contribution < -0.4 is 0 Å². The van der Waals surface area contributed by atoms with Crippen molar-refractivity contribution in [3.8, 4) is 0 Å². The number of fused-ring (bicyclic) bond motifs is 1. The van der Waals surface area contributed by atoms with Crippen molar-refractivity contribution in [3.63, 3.8) is 0 Å². The third-order valence-corrected chi connectivity index (χ3v) is 4.19. The Morgan fingerprint density at radius 1 is 1.10 bits per heavy atom. The Hall–Kier alpha value is -1.71. The zero-order valence-corrected chi connectivity index (χ0v) is 13.6. The summed E-state index contributed by atoms with van der Waals surface area (Å²) in [4.78, 5) is 17.1. The number of benzene rings is 2. The Morgan fingerprint density at radius 3 is 2.71 bits per heavy atom. The quantitative estimate of drug-likeness (QED) is 0.589. The van der Waals surface area contributed by atoms with E-state index in [-0.39, 0.29) is 5.78 Å². The minimum atomic E-state index is -0.0631. The molecule has 0 saturated carbocycles. The van der Waals surface area contributed by atoms with Crippen LogP contribution in [0.1, 0.15) is 21.6 Å². The van der Waals surface area contributed by atoms with Crippen LogP contribution in [0, 0.1) is 6.92 Å². The Labute approximate surface area is 135 Å². The number of nitrogens with zero attached hydrogens (tertiary/aromatic N) is 1. The van der Waals surface area contributed by atoms with Gasteiger partial charge in [0.2, 0.25) is 0 Å². The van der Waals surface area contributed by atoms with E-state index in [1.807, 2.05) is 31.2 Å². The highest BCUT2D eigenvalue weighted by molar-refractivity contribution is 9.10. The number of halogens is 2. The fraction of sp³-hybridized carbons (Fsp3) is 0.0588. The first-order valence-electron chi connectivity index (χ1n) is 6.42. The van der Waals surface area contributed by atoms with Crippen LogP contribution in [0.25, 0.3) is 10.9 Å². The standard InChI is InChI=1S/C17H11BrClNO/c1-10-2-3-11-8-12(4-7-16(11)20-10)17(21)14-9-13(19)5-6-15(14)18/h2-9H,1H3. The van der Waals surface area contributed by atoms with E-state index < -0.39 is 0 Å². The molecule has 0 N–H and O–H groups in total. The minimum absolute atomic E-state index is 0.0631. The van der Waals surface area contributed by atoms with E-state index in [1.54, 1.807) is 24.3 Å². The van der Waals surface area contributed by atoms with Crippen molar-refractivity contribution in [2.24, 2.45) is 0 Å². The molecule has 2 nitrogen and oxygen atoms in total. The average molecular weight is 361 g/mol. The van der Waals surface area contributed by atoms with Gasteiger partial charge >= 0.3 is 0 Å². The molecule has 0 spiro atoms. The highest BCUT2D eigenvalue weighted by atomic mass is 79.9. The normalized spacial score (nSPS) is 10.8. The molecule has 4 heteroatoms. The molecule has 3 rings (SSSR count). The summed E-state index contributed by atoms with van der Waals surface area (Å²) in [7, 11) is 0. The van der Waals surface area contributed by atoms with E-state index in [0.717, 1.165) is 21.1 Å². The predicted molar refractivity (Wildman–Crippen MR) is 89.1 cm³/mol. The zero-order valence-electron chi connectivity index (χ0n) is 11.2. The van der Waals surface area contributed by atoms with E-state index in [9.17, 15) is 4.79 Å². The van der Waals surface area contributed by atoms with Gasteiger partial charge in [0.1, 0.15) is 0 Å². The lowest BCUT2D eigenvalue weighted by atomic mass is 10.0. The van der Waals surface area contributed by atoms with Gasteiger partial charge in [-0.2, -0.15) is 0 Å². The van der Waals surface area contributed by atoms with Gasteiger partial charge in [-0.25, -0.2) is 0 Å². The Balaban J connectivity index is 2.09. The number of carbonyl (C=O) groups excluding carboxylic acids is 1. The monoisotopic (exact) mass is 359 g/mol. The average Bonchev–Trinajstić information content (AvgIpc) is 2.48. The SMILES string of the molecule is Cc1ccc2cc(C(=O)c3cc(Cl)ccc3Br)ccc2n1. The first-order chi connectivity index (χ1) is 10.0. The van der Waals surface area contributed by atoms with Crippen molar-refractivity contribution in [2.45, 2.75) is 6.92 Å². The van der Waals surface area contributed by atoms with Crippen molar-refractivity contribution in [2.75, 3.05) is 0 Å². The lowest BCUT2D eigenvalue weighted by Crippen LogP contribution is -2.02. The van der Waals surface area contributed by atoms with Crippen molar-refractivity contribution in [3.05, 3.63) is 74.8 Å². The van der Waals surface area contributed by atoms with Crippen LogP contribution in [0.15, 0.2) is 53.0 Å². The van der Waals surface area contributed by atoms with Crippen molar-refractivity contribution in [1.82, 2.24) is 4.98 Å². The summed E-state index contributed by atoms with van der Waals surface area (Å²) in [6, 6.07) is 14.6. The molecule has 0 saturated heterocycles. The molecule has 2 aromatic carbocycles. The summed E-state index contributed by atoms with van der Waals surface area (Å²) in [5, 5.41) is 1.49. The van der Waals surface area contributed by atoms with Gasteiger partial charge in [0.15, 0.2) is 5.78 Å². The van der Waals surface area contributed by atoms with Crippen LogP contribution in [0.3, 0.4) is 0 Å². The number of pyridine rings is 1. The predicted octanol–water partition coefficient (Wildman–Crippen LogP) is 5.19. The highest BCUT2D eigenvalue weighted by Crippen LogP contribution is 2.25. The van der Waals surface area contributed by atoms with Crippen LogP contribution in [0.4, 0.5) is 0 Å². The second-order valence-corrected chi connectivity index (χ2v) is 6.10. The highest BCUT2D eigenvalue weighted by Gasteiger charge is 2.13. The molecule has 0 fully saturated rings. The van der Waals surface area contributed by atoms with Crippen LogP contribution in [-0.4, -0.2) is 10.8 Å². The molecule has 104 valence electrons. The fourth-order valence-electron chi connectivity index (χ4n) is 2.20. The maximum atomic E-state index is 12.6. The number of ketones is 1. The third kappa shape index (κ3) is 2.85. The van der Waals surface area contributed by atoms with Gasteiger partial charge in [0.25, 0.3) is 0 Å². The van der Waals surface area contributed by atoms with Crippen LogP contribution in [0.2, 0.25) is 5.02 Å². The minimum Gasteiger partial charge on any atom is -0.289 e. The van der Waals surface area contributed by atoms with E-state index >= 15 is 0 Å². The summed E-state index contributed by atoms with van der Waals surface area (Å²) < 4.78 is 0.735. The molecule has 0 atom stereocenters. The summed E-state index contributed by atoms with van der Waals surface area (Å²) in [6.45, 7) is 1.95. The van der Waals surface area contributed by atoms with Gasteiger partial charge in [-0.1, -0.05) is 33.6 Å². The van der Waals surface area contributed by atoms with Gasteiger partial charge in [-0.3, -0.25) is 9.78 Å². The van der Waals surface area contributed by atoms with E-state index in [4.69, 9.17) is 11.6 Å². The molecule has 0 unspecified atom stereocenters. The Bertz CT molecular complexity index is 861. The molecule has 1 aromatic heterocycles. The van der Waals surface area contributed by atoms with Crippen molar-refractivity contribution >= 4 is 44.2 Å². The zero-order chi connectivity index (χ0) is 15.0. The van der Waals surface area contributed by atoms with Gasteiger partial charge in [-0.05, 0) is 49.4 Å². The molecule has 0 radical (unpaired) electrons. The Kier molecular flexibility index (Phi) is 3.79. The van der Waals surface area contributed by atoms with Crippen LogP contribution >= 0.6 is 27.5 Å². The van der Waals surface area contributed by atoms with E-state index in [0.29, 0.717) is 16.1 Å². The molecule has 21 heavy (non-hydrogen) atoms. The van der Waals surface area contributed by atoms with E-state index in [1.165, 1.54) is 0 Å². The molecular formula is C17H11BrClNO. The number of aromatic nitrogens is 1. The summed E-state index contributed by atoms with van der Waals surface area (Å²) in [6.07, 6.45) is 0. The maximum Gasteiger partial charge on any atom is 0.194 e. The smallest absolute Gasteiger partial charge is 0.194 e. The Morgan fingerprint density at radius 2 is 1.90 bits per heavy atom. The van der Waals surface area contributed by atoms with Gasteiger partial charge in [-0.15, -0.1) is 0 Å². The molecule has 0 amide bonds. The third-order valence-electron chi connectivity index (χ3n) is 3.26. The van der Waals surface area contributed by atoms with Gasteiger partial charge in [0.05, 0.1) is 5.52 Å². The lowest BCUT2D eigenvalue weighted by Gasteiger charge is -2.06. The number of hydrogen-bond donors (Lipinski definition) is 0. The van der Waals surface area contributed by atoms with Crippen LogP contribution in [0.5, 0.6) is 0 Å². The maximum absolute atomic E-state index is 12.6. The van der Waals surface area contributed by atoms with Crippen LogP contribution in [-0.2, 0) is 0 Å². The lowest BCUT2D eigenvalue weighted by molar-refractivity contribution is 0.103. The van der Waals surface area contributed by atoms with Crippen molar-refractivity contribution < 1.29 is 4.79 Å². The summed E-state index contributed by atoms with van der Waals surface area (Å²) >= 11 is 9.37. The molecule has 0 aliphatic carbocycles. The first kappa shape index (κ1) is 14.2. The van der Waals surface area contributed by atoms with E-state index in [2.05, 4.69) is 20.9 Å². The molecule has 0 aliphatic rings. The summed E-state index contributed by atoms with van der Waals surface area (Å²) in [5.41, 5.74) is 3.02. The number of rotatable bonds is 2. The first-order valence-corrected chi connectivity index (χ1v) is 7.59. The molecule has 0 bridgehead atoms. The van der Waals surface area contributed by atoms with Gasteiger partial charge in [0, 0.05) is 31.7 Å². The van der Waals surface area contributed by atoms with Crippen molar-refractivity contribution in [1.29, 1.82) is 0 Å². The molecule has 0 aliphatic heterocycles. The topological polar surface area (TPSA) is 30.0 Å². The second-order valence-electron chi connectivity index (χ2n) is 4.81. The molecule has 1 heterocycles. The number of aryl methyl sites for hydroxylation is 1. The fourth-order valence-corrected chi connectivity index (χ4v) is 2.79. The second kappa shape index (κ2) is 5.58. The van der Waals surface area contributed by atoms with Gasteiger partial charge < -0.3 is 0 Å². The molecule has 3 aromatic rings.